The molecule has 0 unspecified atom stereocenters. The van der Waals surface area contributed by atoms with E-state index >= 15 is 0 Å². The van der Waals surface area contributed by atoms with Crippen molar-refractivity contribution >= 4 is 0 Å². The van der Waals surface area contributed by atoms with Gasteiger partial charge < -0.3 is 11.1 Å². The lowest BCUT2D eigenvalue weighted by molar-refractivity contribution is 0.626. The predicted octanol–water partition coefficient (Wildman–Crippen LogP) is 2.08. The number of rotatable bonds is 2. The highest BCUT2D eigenvalue weighted by Crippen LogP contribution is 1.93. The summed E-state index contributed by atoms with van der Waals surface area (Å²) in [6.07, 6.45) is 3.04. The molecule has 0 aromatic carbocycles. The van der Waals surface area contributed by atoms with E-state index in [2.05, 4.69) is 26.1 Å². The van der Waals surface area contributed by atoms with Crippen LogP contribution in [0.3, 0.4) is 0 Å². The summed E-state index contributed by atoms with van der Waals surface area (Å²) in [7, 11) is 1.82. The molecule has 0 aromatic rings. The minimum absolute atomic E-state index is 0.803. The highest BCUT2D eigenvalue weighted by Gasteiger charge is 1.80. The fourth-order valence-electron chi connectivity index (χ4n) is 0.228. The van der Waals surface area contributed by atoms with E-state index < -0.39 is 0 Å². The molecule has 68 valence electrons. The largest absolute Gasteiger partial charge is 0.401 e. The van der Waals surface area contributed by atoms with Crippen LogP contribution in [0.2, 0.25) is 0 Å². The maximum atomic E-state index is 5.20. The molecule has 0 rings (SSSR count). The van der Waals surface area contributed by atoms with Crippen LogP contribution >= 0.6 is 0 Å². The summed E-state index contributed by atoms with van der Waals surface area (Å²) in [6, 6.07) is 0. The fraction of sp³-hybridized carbons (Fsp3) is 0.778. The molecule has 2 heteroatoms. The molecule has 0 heterocycles. The van der Waals surface area contributed by atoms with Gasteiger partial charge in [-0.25, -0.2) is 0 Å². The first kappa shape index (κ1) is 13.0. The molecule has 2 nitrogen and oxygen atoms in total. The summed E-state index contributed by atoms with van der Waals surface area (Å²) in [4.78, 5) is 0. The summed E-state index contributed by atoms with van der Waals surface area (Å²) < 4.78 is 0. The monoisotopic (exact) mass is 158 g/mol. The zero-order valence-corrected chi connectivity index (χ0v) is 8.44. The molecule has 0 aliphatic rings. The zero-order chi connectivity index (χ0) is 9.28. The molecule has 11 heavy (non-hydrogen) atoms. The summed E-state index contributed by atoms with van der Waals surface area (Å²) >= 11 is 0. The minimum Gasteiger partial charge on any atom is -0.401 e. The van der Waals surface area contributed by atoms with Crippen molar-refractivity contribution in [3.05, 3.63) is 11.9 Å². The van der Waals surface area contributed by atoms with Gasteiger partial charge in [0.05, 0.1) is 0 Å². The Morgan fingerprint density at radius 1 is 1.55 bits per heavy atom. The summed E-state index contributed by atoms with van der Waals surface area (Å²) in [5, 5.41) is 2.78. The van der Waals surface area contributed by atoms with E-state index in [0.717, 1.165) is 11.6 Å². The maximum Gasteiger partial charge on any atom is 0.0208 e. The van der Waals surface area contributed by atoms with Gasteiger partial charge in [0.15, 0.2) is 0 Å². The zero-order valence-electron chi connectivity index (χ0n) is 8.44. The normalized spacial score (nSPS) is 10.5. The third-order valence-corrected chi connectivity index (χ3v) is 1.19. The first-order chi connectivity index (χ1) is 5.04. The van der Waals surface area contributed by atoms with Crippen molar-refractivity contribution in [2.45, 2.75) is 34.1 Å². The van der Waals surface area contributed by atoms with Crippen molar-refractivity contribution in [1.82, 2.24) is 5.32 Å². The Morgan fingerprint density at radius 2 is 1.91 bits per heavy atom. The van der Waals surface area contributed by atoms with Gasteiger partial charge in [0.25, 0.3) is 0 Å². The molecule has 0 saturated heterocycles. The summed E-state index contributed by atoms with van der Waals surface area (Å²) in [5.74, 6) is 0.884. The average Bonchev–Trinajstić information content (AvgIpc) is 1.89. The van der Waals surface area contributed by atoms with Crippen LogP contribution in [0.5, 0.6) is 0 Å². The Bertz CT molecular complexity index is 91.7. The predicted molar refractivity (Wildman–Crippen MR) is 52.1 cm³/mol. The Kier molecular flexibility index (Phi) is 11.0. The summed E-state index contributed by atoms with van der Waals surface area (Å²) in [6.45, 7) is 8.47. The van der Waals surface area contributed by atoms with E-state index in [1.165, 1.54) is 6.42 Å². The van der Waals surface area contributed by atoms with Crippen LogP contribution in [0.4, 0.5) is 0 Å². The van der Waals surface area contributed by atoms with Crippen LogP contribution in [-0.4, -0.2) is 7.05 Å². The lowest BCUT2D eigenvalue weighted by Crippen LogP contribution is -1.99. The number of hydrogen-bond donors (Lipinski definition) is 2. The van der Waals surface area contributed by atoms with E-state index in [4.69, 9.17) is 5.73 Å². The third kappa shape index (κ3) is 26.7. The maximum absolute atomic E-state index is 5.20. The number of hydrogen-bond acceptors (Lipinski definition) is 2. The lowest BCUT2D eigenvalue weighted by Gasteiger charge is -1.90. The van der Waals surface area contributed by atoms with Crippen molar-refractivity contribution in [1.29, 1.82) is 0 Å². The molecule has 0 aliphatic carbocycles. The third-order valence-electron chi connectivity index (χ3n) is 1.19. The van der Waals surface area contributed by atoms with Crippen LogP contribution in [0.1, 0.15) is 34.1 Å². The molecule has 0 spiro atoms. The minimum atomic E-state index is 0.803. The Hall–Kier alpha value is -0.660. The van der Waals surface area contributed by atoms with Gasteiger partial charge in [-0.2, -0.15) is 0 Å². The second kappa shape index (κ2) is 9.34. The highest BCUT2D eigenvalue weighted by molar-refractivity contribution is 4.87. The highest BCUT2D eigenvalue weighted by atomic mass is 14.8. The number of nitrogens with one attached hydrogen (secondary N) is 1. The quantitative estimate of drug-likeness (QED) is 0.645. The van der Waals surface area contributed by atoms with Crippen molar-refractivity contribution in [3.63, 3.8) is 0 Å². The molecule has 0 amide bonds. The van der Waals surface area contributed by atoms with E-state index in [1.54, 1.807) is 6.20 Å². The topological polar surface area (TPSA) is 38.0 Å². The van der Waals surface area contributed by atoms with Crippen LogP contribution < -0.4 is 11.1 Å². The van der Waals surface area contributed by atoms with Gasteiger partial charge in [-0.05, 0) is 12.8 Å². The van der Waals surface area contributed by atoms with Crippen LogP contribution in [-0.2, 0) is 0 Å². The van der Waals surface area contributed by atoms with Crippen molar-refractivity contribution in [2.75, 3.05) is 7.05 Å². The molecule has 0 saturated carbocycles. The van der Waals surface area contributed by atoms with E-state index in [9.17, 15) is 0 Å². The van der Waals surface area contributed by atoms with Crippen molar-refractivity contribution in [2.24, 2.45) is 11.7 Å². The van der Waals surface area contributed by atoms with Crippen LogP contribution in [0.25, 0.3) is 0 Å². The molecule has 0 radical (unpaired) electrons. The molecule has 0 fully saturated rings. The molecule has 0 aromatic heterocycles. The molecular weight excluding hydrogens is 136 g/mol. The lowest BCUT2D eigenvalue weighted by atomic mass is 10.2. The van der Waals surface area contributed by atoms with Crippen LogP contribution in [0, 0.1) is 5.92 Å². The van der Waals surface area contributed by atoms with E-state index in [0.29, 0.717) is 0 Å². The molecule has 0 aliphatic heterocycles. The van der Waals surface area contributed by atoms with Crippen molar-refractivity contribution in [3.8, 4) is 0 Å². The molecule has 0 bridgehead atoms. The van der Waals surface area contributed by atoms with Gasteiger partial charge in [-0.3, -0.25) is 0 Å². The Labute approximate surface area is 70.9 Å². The Morgan fingerprint density at radius 3 is 1.91 bits per heavy atom. The standard InChI is InChI=1S/C5H12.C4H10N2/c1-4-5(2)3;1-4(5)3-6-2/h5H,4H2,1-3H3;3,6H,5H2,1-2H3/b;4-3-. The SMILES string of the molecule is CCC(C)C.CN/C=C(/C)N. The number of nitrogens with two attached hydrogens (primary N) is 1. The van der Waals surface area contributed by atoms with Gasteiger partial charge in [-0.15, -0.1) is 0 Å². The van der Waals surface area contributed by atoms with Crippen LogP contribution in [0.15, 0.2) is 11.9 Å². The summed E-state index contributed by atoms with van der Waals surface area (Å²) in [5.41, 5.74) is 6.00. The average molecular weight is 158 g/mol. The first-order valence-electron chi connectivity index (χ1n) is 4.14. The smallest absolute Gasteiger partial charge is 0.0208 e. The van der Waals surface area contributed by atoms with Gasteiger partial charge in [0.2, 0.25) is 0 Å². The van der Waals surface area contributed by atoms with Gasteiger partial charge in [0.1, 0.15) is 0 Å². The molecule has 3 N–H and O–H groups in total. The Balaban J connectivity index is 0. The van der Waals surface area contributed by atoms with Gasteiger partial charge >= 0.3 is 0 Å². The fourth-order valence-corrected chi connectivity index (χ4v) is 0.228. The molecule has 0 atom stereocenters. The van der Waals surface area contributed by atoms with Gasteiger partial charge in [-0.1, -0.05) is 27.2 Å². The molecular formula is C9H22N2. The van der Waals surface area contributed by atoms with E-state index in [-0.39, 0.29) is 0 Å². The number of allylic oxidation sites excluding steroid dienone is 1. The van der Waals surface area contributed by atoms with E-state index in [1.807, 2.05) is 14.0 Å². The van der Waals surface area contributed by atoms with Gasteiger partial charge in [0, 0.05) is 18.9 Å². The second-order valence-electron chi connectivity index (χ2n) is 2.98. The first-order valence-corrected chi connectivity index (χ1v) is 4.14. The second-order valence-corrected chi connectivity index (χ2v) is 2.98. The van der Waals surface area contributed by atoms with Crippen molar-refractivity contribution < 1.29 is 0 Å².